The molecule has 0 atom stereocenters. The number of hydrogen-bond acceptors (Lipinski definition) is 7. The van der Waals surface area contributed by atoms with Crippen molar-refractivity contribution >= 4 is 39.4 Å². The van der Waals surface area contributed by atoms with Gasteiger partial charge in [0.25, 0.3) is 5.56 Å². The summed E-state index contributed by atoms with van der Waals surface area (Å²) in [6.07, 6.45) is 0.276. The summed E-state index contributed by atoms with van der Waals surface area (Å²) in [7, 11) is 1.55. The second kappa shape index (κ2) is 7.73. The van der Waals surface area contributed by atoms with Crippen molar-refractivity contribution in [2.24, 2.45) is 0 Å². The molecule has 0 unspecified atom stereocenters. The van der Waals surface area contributed by atoms with Crippen molar-refractivity contribution in [3.8, 4) is 10.7 Å². The Morgan fingerprint density at radius 3 is 2.84 bits per heavy atom. The van der Waals surface area contributed by atoms with E-state index in [0.29, 0.717) is 28.2 Å². The van der Waals surface area contributed by atoms with Crippen molar-refractivity contribution in [3.63, 3.8) is 0 Å². The van der Waals surface area contributed by atoms with Gasteiger partial charge in [0.05, 0.1) is 18.9 Å². The SMILES string of the molecule is COSc1cc(CCC(=O)O)nc(-c2nc(=O)c3ccccc3s2)c1. The molecule has 0 aliphatic rings. The number of carbonyl (C=O) groups is 1. The molecule has 0 aliphatic carbocycles. The first kappa shape index (κ1) is 17.5. The lowest BCUT2D eigenvalue weighted by Gasteiger charge is -2.07. The molecule has 0 fully saturated rings. The standard InChI is InChI=1S/C17H14N2O4S2/c1-23-25-11-8-10(6-7-15(20)21)18-13(9-11)17-19-16(22)12-4-2-3-5-14(12)24-17/h2-5,8-9H,6-7H2,1H3,(H,20,21). The predicted octanol–water partition coefficient (Wildman–Crippen LogP) is 3.39. The monoisotopic (exact) mass is 374 g/mol. The third kappa shape index (κ3) is 4.22. The number of hydrogen-bond donors (Lipinski definition) is 1. The summed E-state index contributed by atoms with van der Waals surface area (Å²) in [5, 5.41) is 9.95. The van der Waals surface area contributed by atoms with Gasteiger partial charge in [0.15, 0.2) is 0 Å². The smallest absolute Gasteiger partial charge is 0.303 e. The second-order valence-electron chi connectivity index (χ2n) is 5.14. The maximum atomic E-state index is 12.2. The van der Waals surface area contributed by atoms with Crippen LogP contribution in [-0.4, -0.2) is 28.2 Å². The van der Waals surface area contributed by atoms with Gasteiger partial charge in [0.2, 0.25) is 0 Å². The summed E-state index contributed by atoms with van der Waals surface area (Å²) in [6.45, 7) is 0. The Hall–Kier alpha value is -2.29. The summed E-state index contributed by atoms with van der Waals surface area (Å²) in [6, 6.07) is 10.8. The highest BCUT2D eigenvalue weighted by atomic mass is 32.2. The third-order valence-electron chi connectivity index (χ3n) is 3.37. The molecule has 0 aliphatic heterocycles. The highest BCUT2D eigenvalue weighted by Gasteiger charge is 2.12. The molecule has 6 nitrogen and oxygen atoms in total. The number of carboxylic acids is 1. The van der Waals surface area contributed by atoms with Crippen LogP contribution in [0.25, 0.3) is 20.8 Å². The molecule has 2 aromatic heterocycles. The molecule has 0 saturated heterocycles. The van der Waals surface area contributed by atoms with Crippen LogP contribution in [0.2, 0.25) is 0 Å². The summed E-state index contributed by atoms with van der Waals surface area (Å²) in [5.74, 6) is -0.887. The molecule has 0 radical (unpaired) electrons. The first-order valence-electron chi connectivity index (χ1n) is 7.40. The molecular weight excluding hydrogens is 360 g/mol. The molecule has 2 heterocycles. The second-order valence-corrected chi connectivity index (χ2v) is 7.15. The van der Waals surface area contributed by atoms with Crippen LogP contribution in [0.1, 0.15) is 12.1 Å². The molecule has 128 valence electrons. The Kier molecular flexibility index (Phi) is 5.42. The Morgan fingerprint density at radius 2 is 2.08 bits per heavy atom. The molecular formula is C17H14N2O4S2. The number of aromatic nitrogens is 2. The van der Waals surface area contributed by atoms with Crippen molar-refractivity contribution in [1.82, 2.24) is 9.97 Å². The average Bonchev–Trinajstić information content (AvgIpc) is 2.60. The van der Waals surface area contributed by atoms with Gasteiger partial charge in [-0.3, -0.25) is 14.6 Å². The minimum atomic E-state index is -0.887. The zero-order valence-electron chi connectivity index (χ0n) is 13.3. The van der Waals surface area contributed by atoms with Crippen molar-refractivity contribution in [2.45, 2.75) is 17.7 Å². The number of rotatable bonds is 6. The highest BCUT2D eigenvalue weighted by Crippen LogP contribution is 2.29. The van der Waals surface area contributed by atoms with Crippen LogP contribution in [0.15, 0.2) is 46.1 Å². The lowest BCUT2D eigenvalue weighted by atomic mass is 10.2. The number of benzene rings is 1. The molecule has 0 saturated carbocycles. The van der Waals surface area contributed by atoms with E-state index in [1.165, 1.54) is 11.3 Å². The number of aryl methyl sites for hydroxylation is 1. The van der Waals surface area contributed by atoms with E-state index in [-0.39, 0.29) is 12.0 Å². The lowest BCUT2D eigenvalue weighted by Crippen LogP contribution is -2.07. The molecule has 0 spiro atoms. The van der Waals surface area contributed by atoms with Gasteiger partial charge in [-0.15, -0.1) is 11.3 Å². The first-order chi connectivity index (χ1) is 12.1. The van der Waals surface area contributed by atoms with Crippen LogP contribution in [-0.2, 0) is 15.4 Å². The Labute approximate surface area is 151 Å². The number of pyridine rings is 1. The molecule has 25 heavy (non-hydrogen) atoms. The molecule has 1 N–H and O–H groups in total. The van der Waals surface area contributed by atoms with E-state index in [9.17, 15) is 9.59 Å². The Bertz CT molecular complexity index is 988. The molecule has 8 heteroatoms. The fourth-order valence-corrected chi connectivity index (χ4v) is 3.79. The lowest BCUT2D eigenvalue weighted by molar-refractivity contribution is -0.136. The topological polar surface area (TPSA) is 89.4 Å². The van der Waals surface area contributed by atoms with Gasteiger partial charge in [-0.2, -0.15) is 4.98 Å². The van der Waals surface area contributed by atoms with Gasteiger partial charge in [-0.05, 0) is 24.3 Å². The summed E-state index contributed by atoms with van der Waals surface area (Å²) >= 11 is 2.53. The summed E-state index contributed by atoms with van der Waals surface area (Å²) in [4.78, 5) is 32.5. The zero-order chi connectivity index (χ0) is 17.8. The van der Waals surface area contributed by atoms with Crippen molar-refractivity contribution in [1.29, 1.82) is 0 Å². The maximum absolute atomic E-state index is 12.2. The summed E-state index contributed by atoms with van der Waals surface area (Å²) < 4.78 is 5.92. The van der Waals surface area contributed by atoms with E-state index in [4.69, 9.17) is 9.29 Å². The van der Waals surface area contributed by atoms with Crippen LogP contribution in [0.3, 0.4) is 0 Å². The first-order valence-corrected chi connectivity index (χ1v) is 8.96. The molecule has 1 aromatic carbocycles. The van der Waals surface area contributed by atoms with E-state index in [1.807, 2.05) is 12.1 Å². The Balaban J connectivity index is 2.08. The number of fused-ring (bicyclic) bond motifs is 1. The number of carboxylic acid groups (broad SMARTS) is 1. The fraction of sp³-hybridized carbons (Fsp3) is 0.176. The van der Waals surface area contributed by atoms with E-state index >= 15 is 0 Å². The summed E-state index contributed by atoms with van der Waals surface area (Å²) in [5.41, 5.74) is 0.854. The largest absolute Gasteiger partial charge is 0.481 e. The van der Waals surface area contributed by atoms with Crippen LogP contribution >= 0.6 is 23.4 Å². The van der Waals surface area contributed by atoms with Gasteiger partial charge in [-0.1, -0.05) is 12.1 Å². The molecule has 0 amide bonds. The predicted molar refractivity (Wildman–Crippen MR) is 97.9 cm³/mol. The van der Waals surface area contributed by atoms with E-state index in [2.05, 4.69) is 9.97 Å². The normalized spacial score (nSPS) is 10.9. The minimum absolute atomic E-state index is 0.0189. The third-order valence-corrected chi connectivity index (χ3v) is 5.04. The number of nitrogens with zero attached hydrogens (tertiary/aromatic N) is 2. The number of aliphatic carboxylic acids is 1. The van der Waals surface area contributed by atoms with Crippen molar-refractivity contribution < 1.29 is 14.1 Å². The fourth-order valence-electron chi connectivity index (χ4n) is 2.30. The highest BCUT2D eigenvalue weighted by molar-refractivity contribution is 7.94. The van der Waals surface area contributed by atoms with Gasteiger partial charge in [0.1, 0.15) is 10.7 Å². The van der Waals surface area contributed by atoms with E-state index in [0.717, 1.165) is 21.6 Å². The quantitative estimate of drug-likeness (QED) is 0.662. The van der Waals surface area contributed by atoms with Crippen molar-refractivity contribution in [3.05, 3.63) is 52.4 Å². The minimum Gasteiger partial charge on any atom is -0.481 e. The van der Waals surface area contributed by atoms with E-state index in [1.54, 1.807) is 31.4 Å². The average molecular weight is 374 g/mol. The van der Waals surface area contributed by atoms with Crippen LogP contribution in [0, 0.1) is 0 Å². The van der Waals surface area contributed by atoms with Crippen LogP contribution < -0.4 is 5.56 Å². The van der Waals surface area contributed by atoms with Crippen LogP contribution in [0.4, 0.5) is 0 Å². The molecule has 3 aromatic rings. The van der Waals surface area contributed by atoms with Crippen molar-refractivity contribution in [2.75, 3.05) is 7.11 Å². The van der Waals surface area contributed by atoms with Gasteiger partial charge < -0.3 is 9.29 Å². The van der Waals surface area contributed by atoms with Gasteiger partial charge >= 0.3 is 5.97 Å². The maximum Gasteiger partial charge on any atom is 0.303 e. The molecule has 0 bridgehead atoms. The molecule has 3 rings (SSSR count). The zero-order valence-corrected chi connectivity index (χ0v) is 14.9. The van der Waals surface area contributed by atoms with Gasteiger partial charge in [0, 0.05) is 33.8 Å². The van der Waals surface area contributed by atoms with Gasteiger partial charge in [-0.25, -0.2) is 0 Å². The van der Waals surface area contributed by atoms with E-state index < -0.39 is 5.97 Å². The Morgan fingerprint density at radius 1 is 1.28 bits per heavy atom. The van der Waals surface area contributed by atoms with Crippen LogP contribution in [0.5, 0.6) is 0 Å².